The van der Waals surface area contributed by atoms with Crippen molar-refractivity contribution in [2.45, 2.75) is 20.0 Å². The fourth-order valence-corrected chi connectivity index (χ4v) is 1.06. The van der Waals surface area contributed by atoms with Crippen molar-refractivity contribution < 1.29 is 9.53 Å². The smallest absolute Gasteiger partial charge is 0.274 e. The van der Waals surface area contributed by atoms with E-state index in [1.54, 1.807) is 13.0 Å². The molecule has 0 radical (unpaired) electrons. The molecular formula is C10H14N2O2. The van der Waals surface area contributed by atoms with Gasteiger partial charge in [0.1, 0.15) is 5.75 Å². The van der Waals surface area contributed by atoms with Crippen LogP contribution >= 0.6 is 0 Å². The second kappa shape index (κ2) is 4.62. The number of amides is 1. The highest BCUT2D eigenvalue weighted by atomic mass is 16.5. The number of ether oxygens (including phenoxy) is 1. The Labute approximate surface area is 83.0 Å². The number of benzene rings is 1. The molecule has 0 saturated carbocycles. The van der Waals surface area contributed by atoms with Gasteiger partial charge in [-0.2, -0.15) is 0 Å². The van der Waals surface area contributed by atoms with Crippen LogP contribution in [-0.2, 0) is 4.79 Å². The van der Waals surface area contributed by atoms with Gasteiger partial charge in [0.2, 0.25) is 0 Å². The maximum Gasteiger partial charge on any atom is 0.274 e. The quantitative estimate of drug-likeness (QED) is 0.424. The van der Waals surface area contributed by atoms with Gasteiger partial charge >= 0.3 is 0 Å². The second-order valence-corrected chi connectivity index (χ2v) is 3.09. The number of hydrogen-bond donors (Lipinski definition) is 2. The summed E-state index contributed by atoms with van der Waals surface area (Å²) in [4.78, 5) is 11.0. The zero-order chi connectivity index (χ0) is 10.6. The minimum Gasteiger partial charge on any atom is -0.481 e. The molecule has 0 fully saturated rings. The highest BCUT2D eigenvalue weighted by molar-refractivity contribution is 5.80. The Kier molecular flexibility index (Phi) is 3.48. The molecule has 4 nitrogen and oxygen atoms in total. The Morgan fingerprint density at radius 2 is 2.29 bits per heavy atom. The van der Waals surface area contributed by atoms with Gasteiger partial charge in [-0.25, -0.2) is 5.84 Å². The number of aryl methyl sites for hydroxylation is 1. The molecule has 0 saturated heterocycles. The topological polar surface area (TPSA) is 64.3 Å². The number of rotatable bonds is 3. The molecule has 14 heavy (non-hydrogen) atoms. The van der Waals surface area contributed by atoms with Crippen molar-refractivity contribution in [2.75, 3.05) is 0 Å². The first-order valence-corrected chi connectivity index (χ1v) is 4.37. The van der Waals surface area contributed by atoms with Crippen LogP contribution in [0.5, 0.6) is 5.75 Å². The van der Waals surface area contributed by atoms with Crippen molar-refractivity contribution in [1.29, 1.82) is 0 Å². The van der Waals surface area contributed by atoms with Crippen molar-refractivity contribution in [2.24, 2.45) is 5.84 Å². The normalized spacial score (nSPS) is 11.9. The molecule has 0 aromatic heterocycles. The van der Waals surface area contributed by atoms with Gasteiger partial charge < -0.3 is 4.74 Å². The standard InChI is InChI=1S/C10H14N2O2/c1-7-4-3-5-9(6-7)14-8(2)10(13)12-11/h3-6,8H,11H2,1-2H3,(H,12,13)/t8-/m0/s1. The molecule has 1 amide bonds. The third-order valence-corrected chi connectivity index (χ3v) is 1.81. The van der Waals surface area contributed by atoms with Crippen LogP contribution in [0, 0.1) is 6.92 Å². The molecule has 4 heteroatoms. The van der Waals surface area contributed by atoms with Crippen molar-refractivity contribution in [3.8, 4) is 5.75 Å². The summed E-state index contributed by atoms with van der Waals surface area (Å²) in [5.74, 6) is 5.30. The van der Waals surface area contributed by atoms with E-state index in [4.69, 9.17) is 10.6 Å². The predicted molar refractivity (Wildman–Crippen MR) is 53.6 cm³/mol. The number of carbonyl (C=O) groups excluding carboxylic acids is 1. The predicted octanol–water partition coefficient (Wildman–Crippen LogP) is 0.752. The molecule has 1 aromatic carbocycles. The lowest BCUT2D eigenvalue weighted by Crippen LogP contribution is -2.40. The van der Waals surface area contributed by atoms with Gasteiger partial charge in [-0.05, 0) is 31.5 Å². The largest absolute Gasteiger partial charge is 0.481 e. The lowest BCUT2D eigenvalue weighted by molar-refractivity contribution is -0.127. The highest BCUT2D eigenvalue weighted by Gasteiger charge is 2.12. The second-order valence-electron chi connectivity index (χ2n) is 3.09. The minimum absolute atomic E-state index is 0.341. The van der Waals surface area contributed by atoms with Crippen molar-refractivity contribution in [1.82, 2.24) is 5.43 Å². The summed E-state index contributed by atoms with van der Waals surface area (Å²) in [5.41, 5.74) is 3.12. The van der Waals surface area contributed by atoms with Crippen molar-refractivity contribution in [3.05, 3.63) is 29.8 Å². The van der Waals surface area contributed by atoms with E-state index < -0.39 is 6.10 Å². The molecule has 1 atom stereocenters. The lowest BCUT2D eigenvalue weighted by atomic mass is 10.2. The molecule has 1 rings (SSSR count). The van der Waals surface area contributed by atoms with Gasteiger partial charge in [0.15, 0.2) is 6.10 Å². The average molecular weight is 194 g/mol. The Hall–Kier alpha value is -1.55. The first-order chi connectivity index (χ1) is 6.63. The van der Waals surface area contributed by atoms with Crippen LogP contribution in [0.2, 0.25) is 0 Å². The molecular weight excluding hydrogens is 180 g/mol. The monoisotopic (exact) mass is 194 g/mol. The SMILES string of the molecule is Cc1cccc(O[C@@H](C)C(=O)NN)c1. The molecule has 0 aliphatic heterocycles. The van der Waals surface area contributed by atoms with Gasteiger partial charge in [-0.1, -0.05) is 12.1 Å². The van der Waals surface area contributed by atoms with E-state index in [1.807, 2.05) is 30.5 Å². The van der Waals surface area contributed by atoms with Crippen molar-refractivity contribution >= 4 is 5.91 Å². The average Bonchev–Trinajstić information content (AvgIpc) is 2.16. The molecule has 0 spiro atoms. The van der Waals surface area contributed by atoms with E-state index in [2.05, 4.69) is 0 Å². The molecule has 0 heterocycles. The molecule has 1 aromatic rings. The van der Waals surface area contributed by atoms with Crippen LogP contribution in [0.4, 0.5) is 0 Å². The van der Waals surface area contributed by atoms with Crippen LogP contribution < -0.4 is 16.0 Å². The van der Waals surface area contributed by atoms with Crippen molar-refractivity contribution in [3.63, 3.8) is 0 Å². The zero-order valence-electron chi connectivity index (χ0n) is 8.28. The van der Waals surface area contributed by atoms with Crippen LogP contribution in [-0.4, -0.2) is 12.0 Å². The fraction of sp³-hybridized carbons (Fsp3) is 0.300. The summed E-state index contributed by atoms with van der Waals surface area (Å²) in [6, 6.07) is 7.49. The third-order valence-electron chi connectivity index (χ3n) is 1.81. The Morgan fingerprint density at radius 3 is 2.86 bits per heavy atom. The number of nitrogens with two attached hydrogens (primary N) is 1. The van der Waals surface area contributed by atoms with Crippen LogP contribution in [0.15, 0.2) is 24.3 Å². The molecule has 76 valence electrons. The van der Waals surface area contributed by atoms with Gasteiger partial charge in [0.05, 0.1) is 0 Å². The van der Waals surface area contributed by atoms with Gasteiger partial charge in [0.25, 0.3) is 5.91 Å². The van der Waals surface area contributed by atoms with E-state index >= 15 is 0 Å². The Morgan fingerprint density at radius 1 is 1.57 bits per heavy atom. The fourth-order valence-electron chi connectivity index (χ4n) is 1.06. The molecule has 3 N–H and O–H groups in total. The third kappa shape index (κ3) is 2.74. The van der Waals surface area contributed by atoms with E-state index in [0.29, 0.717) is 5.75 Å². The first-order valence-electron chi connectivity index (χ1n) is 4.37. The lowest BCUT2D eigenvalue weighted by Gasteiger charge is -2.12. The zero-order valence-corrected chi connectivity index (χ0v) is 8.28. The van der Waals surface area contributed by atoms with E-state index in [1.165, 1.54) is 0 Å². The van der Waals surface area contributed by atoms with Gasteiger partial charge in [-0.15, -0.1) is 0 Å². The summed E-state index contributed by atoms with van der Waals surface area (Å²) >= 11 is 0. The van der Waals surface area contributed by atoms with E-state index in [9.17, 15) is 4.79 Å². The maximum atomic E-state index is 11.0. The summed E-state index contributed by atoms with van der Waals surface area (Å²) in [7, 11) is 0. The number of hydrogen-bond acceptors (Lipinski definition) is 3. The van der Waals surface area contributed by atoms with Crippen LogP contribution in [0.3, 0.4) is 0 Å². The molecule has 0 aliphatic rings. The van der Waals surface area contributed by atoms with E-state index in [0.717, 1.165) is 5.56 Å². The molecule has 0 bridgehead atoms. The number of hydrazine groups is 1. The molecule has 0 aliphatic carbocycles. The summed E-state index contributed by atoms with van der Waals surface area (Å²) in [6.07, 6.45) is -0.582. The Bertz CT molecular complexity index is 326. The minimum atomic E-state index is -0.582. The van der Waals surface area contributed by atoms with Crippen LogP contribution in [0.25, 0.3) is 0 Å². The Balaban J connectivity index is 2.64. The number of nitrogens with one attached hydrogen (secondary N) is 1. The first kappa shape index (κ1) is 10.5. The highest BCUT2D eigenvalue weighted by Crippen LogP contribution is 2.13. The molecule has 0 unspecified atom stereocenters. The summed E-state index contributed by atoms with van der Waals surface area (Å²) in [6.45, 7) is 3.60. The number of carbonyl (C=O) groups is 1. The van der Waals surface area contributed by atoms with Crippen LogP contribution in [0.1, 0.15) is 12.5 Å². The summed E-state index contributed by atoms with van der Waals surface area (Å²) in [5, 5.41) is 0. The van der Waals surface area contributed by atoms with Gasteiger partial charge in [-0.3, -0.25) is 10.2 Å². The van der Waals surface area contributed by atoms with Gasteiger partial charge in [0, 0.05) is 0 Å². The maximum absolute atomic E-state index is 11.0. The summed E-state index contributed by atoms with van der Waals surface area (Å²) < 4.78 is 5.36. The van der Waals surface area contributed by atoms with E-state index in [-0.39, 0.29) is 5.91 Å².